The summed E-state index contributed by atoms with van der Waals surface area (Å²) in [4.78, 5) is 4.73. The lowest BCUT2D eigenvalue weighted by atomic mass is 10.2. The van der Waals surface area contributed by atoms with Crippen molar-refractivity contribution in [2.24, 2.45) is 18.0 Å². The molecule has 2 rings (SSSR count). The van der Waals surface area contributed by atoms with E-state index in [-0.39, 0.29) is 0 Å². The first-order chi connectivity index (χ1) is 11.5. The highest BCUT2D eigenvalue weighted by molar-refractivity contribution is 5.79. The molecule has 0 amide bonds. The van der Waals surface area contributed by atoms with Gasteiger partial charge in [0.15, 0.2) is 5.96 Å². The van der Waals surface area contributed by atoms with Crippen molar-refractivity contribution < 1.29 is 4.42 Å². The Bertz CT molecular complexity index is 655. The molecule has 2 heterocycles. The van der Waals surface area contributed by atoms with Gasteiger partial charge in [0.2, 0.25) is 0 Å². The summed E-state index contributed by atoms with van der Waals surface area (Å²) in [7, 11) is 1.97. The second-order valence-electron chi connectivity index (χ2n) is 6.47. The fraction of sp³-hybridized carbons (Fsp3) is 0.556. The van der Waals surface area contributed by atoms with Crippen LogP contribution in [0.3, 0.4) is 0 Å². The lowest BCUT2D eigenvalue weighted by molar-refractivity contribution is 0.506. The number of furan rings is 1. The standard InChI is InChI=1S/C18H29N5O/c1-13(2)11-20-18(19-9-8-16-7-6-10-24-16)21-12-17-14(3)22-23(5)15(17)4/h6-7,10,13H,8-9,11-12H2,1-5H3,(H2,19,20,21). The Kier molecular flexibility index (Phi) is 6.46. The normalized spacial score (nSPS) is 12.0. The minimum atomic E-state index is 0.559. The van der Waals surface area contributed by atoms with Gasteiger partial charge in [0.05, 0.1) is 18.5 Å². The van der Waals surface area contributed by atoms with Crippen molar-refractivity contribution in [1.82, 2.24) is 20.4 Å². The third-order valence-electron chi connectivity index (χ3n) is 3.98. The molecule has 6 nitrogen and oxygen atoms in total. The van der Waals surface area contributed by atoms with Gasteiger partial charge in [-0.05, 0) is 31.9 Å². The smallest absolute Gasteiger partial charge is 0.191 e. The lowest BCUT2D eigenvalue weighted by Gasteiger charge is -2.14. The zero-order valence-electron chi connectivity index (χ0n) is 15.4. The molecule has 0 radical (unpaired) electrons. The van der Waals surface area contributed by atoms with Crippen LogP contribution < -0.4 is 10.6 Å². The van der Waals surface area contributed by atoms with Gasteiger partial charge < -0.3 is 15.1 Å². The minimum absolute atomic E-state index is 0.559. The van der Waals surface area contributed by atoms with E-state index in [0.29, 0.717) is 12.5 Å². The van der Waals surface area contributed by atoms with E-state index in [1.165, 1.54) is 5.56 Å². The van der Waals surface area contributed by atoms with Gasteiger partial charge in [0, 0.05) is 37.8 Å². The fourth-order valence-corrected chi connectivity index (χ4v) is 2.44. The maximum absolute atomic E-state index is 5.37. The van der Waals surface area contributed by atoms with Crippen LogP contribution in [-0.4, -0.2) is 28.8 Å². The Labute approximate surface area is 144 Å². The van der Waals surface area contributed by atoms with Crippen LogP contribution in [0.2, 0.25) is 0 Å². The summed E-state index contributed by atoms with van der Waals surface area (Å²) in [6.07, 6.45) is 2.54. The van der Waals surface area contributed by atoms with E-state index >= 15 is 0 Å². The van der Waals surface area contributed by atoms with Crippen LogP contribution in [0.5, 0.6) is 0 Å². The largest absolute Gasteiger partial charge is 0.469 e. The monoisotopic (exact) mass is 331 g/mol. The van der Waals surface area contributed by atoms with Crippen molar-refractivity contribution in [1.29, 1.82) is 0 Å². The van der Waals surface area contributed by atoms with Crippen molar-refractivity contribution in [2.75, 3.05) is 13.1 Å². The molecule has 0 aromatic carbocycles. The van der Waals surface area contributed by atoms with Crippen molar-refractivity contribution in [2.45, 2.75) is 40.7 Å². The zero-order valence-corrected chi connectivity index (χ0v) is 15.4. The van der Waals surface area contributed by atoms with Gasteiger partial charge in [-0.2, -0.15) is 5.10 Å². The Hall–Kier alpha value is -2.24. The Morgan fingerprint density at radius 3 is 2.71 bits per heavy atom. The van der Waals surface area contributed by atoms with E-state index in [9.17, 15) is 0 Å². The van der Waals surface area contributed by atoms with E-state index in [1.54, 1.807) is 6.26 Å². The summed E-state index contributed by atoms with van der Waals surface area (Å²) < 4.78 is 7.27. The lowest BCUT2D eigenvalue weighted by Crippen LogP contribution is -2.40. The van der Waals surface area contributed by atoms with Gasteiger partial charge >= 0.3 is 0 Å². The third kappa shape index (κ3) is 5.15. The molecule has 24 heavy (non-hydrogen) atoms. The van der Waals surface area contributed by atoms with E-state index in [2.05, 4.69) is 36.5 Å². The van der Waals surface area contributed by atoms with Crippen LogP contribution in [-0.2, 0) is 20.0 Å². The summed E-state index contributed by atoms with van der Waals surface area (Å²) in [6.45, 7) is 10.8. The number of nitrogens with zero attached hydrogens (tertiary/aromatic N) is 3. The number of aliphatic imine (C=N–C) groups is 1. The molecule has 0 unspecified atom stereocenters. The van der Waals surface area contributed by atoms with Crippen molar-refractivity contribution in [3.63, 3.8) is 0 Å². The quantitative estimate of drug-likeness (QED) is 0.604. The first-order valence-corrected chi connectivity index (χ1v) is 8.51. The average Bonchev–Trinajstić information content (AvgIpc) is 3.12. The second-order valence-corrected chi connectivity index (χ2v) is 6.47. The molecule has 0 aliphatic heterocycles. The minimum Gasteiger partial charge on any atom is -0.469 e. The SMILES string of the molecule is Cc1nn(C)c(C)c1CN=C(NCCc1ccco1)NCC(C)C. The highest BCUT2D eigenvalue weighted by Gasteiger charge is 2.09. The Morgan fingerprint density at radius 2 is 2.12 bits per heavy atom. The predicted molar refractivity (Wildman–Crippen MR) is 97.1 cm³/mol. The van der Waals surface area contributed by atoms with E-state index in [4.69, 9.17) is 9.41 Å². The molecule has 0 bridgehead atoms. The number of hydrogen-bond donors (Lipinski definition) is 2. The van der Waals surface area contributed by atoms with Crippen LogP contribution in [0.15, 0.2) is 27.8 Å². The van der Waals surface area contributed by atoms with Crippen LogP contribution in [0, 0.1) is 19.8 Å². The number of nitrogens with one attached hydrogen (secondary N) is 2. The molecule has 2 aromatic rings. The van der Waals surface area contributed by atoms with Gasteiger partial charge in [-0.15, -0.1) is 0 Å². The first-order valence-electron chi connectivity index (χ1n) is 8.51. The fourth-order valence-electron chi connectivity index (χ4n) is 2.44. The van der Waals surface area contributed by atoms with Crippen molar-refractivity contribution >= 4 is 5.96 Å². The van der Waals surface area contributed by atoms with Gasteiger partial charge in [0.1, 0.15) is 5.76 Å². The molecule has 0 saturated carbocycles. The Morgan fingerprint density at radius 1 is 1.33 bits per heavy atom. The number of aromatic nitrogens is 2. The summed E-state index contributed by atoms with van der Waals surface area (Å²) in [5.74, 6) is 2.37. The topological polar surface area (TPSA) is 67.4 Å². The highest BCUT2D eigenvalue weighted by Crippen LogP contribution is 2.12. The van der Waals surface area contributed by atoms with Gasteiger partial charge in [-0.25, -0.2) is 4.99 Å². The predicted octanol–water partition coefficient (Wildman–Crippen LogP) is 2.56. The van der Waals surface area contributed by atoms with Gasteiger partial charge in [-0.3, -0.25) is 4.68 Å². The van der Waals surface area contributed by atoms with Gasteiger partial charge in [0.25, 0.3) is 0 Å². The zero-order chi connectivity index (χ0) is 17.5. The molecule has 0 spiro atoms. The highest BCUT2D eigenvalue weighted by atomic mass is 16.3. The summed E-state index contributed by atoms with van der Waals surface area (Å²) in [6, 6.07) is 3.90. The molecular formula is C18H29N5O. The van der Waals surface area contributed by atoms with E-state index in [1.807, 2.05) is 30.8 Å². The summed E-state index contributed by atoms with van der Waals surface area (Å²) in [5.41, 5.74) is 3.39. The number of hydrogen-bond acceptors (Lipinski definition) is 3. The van der Waals surface area contributed by atoms with Crippen LogP contribution in [0.25, 0.3) is 0 Å². The molecule has 6 heteroatoms. The third-order valence-corrected chi connectivity index (χ3v) is 3.98. The maximum Gasteiger partial charge on any atom is 0.191 e. The number of rotatable bonds is 7. The van der Waals surface area contributed by atoms with Crippen molar-refractivity contribution in [3.05, 3.63) is 41.1 Å². The van der Waals surface area contributed by atoms with Crippen molar-refractivity contribution in [3.8, 4) is 0 Å². The molecule has 0 aliphatic carbocycles. The first kappa shape index (κ1) is 18.1. The molecule has 0 aliphatic rings. The molecule has 2 aromatic heterocycles. The van der Waals surface area contributed by atoms with Crippen LogP contribution in [0.1, 0.15) is 36.6 Å². The maximum atomic E-state index is 5.37. The molecular weight excluding hydrogens is 302 g/mol. The number of guanidine groups is 1. The van der Waals surface area contributed by atoms with E-state index in [0.717, 1.165) is 42.6 Å². The van der Waals surface area contributed by atoms with Gasteiger partial charge in [-0.1, -0.05) is 13.8 Å². The molecule has 0 atom stereocenters. The van der Waals surface area contributed by atoms with Crippen LogP contribution in [0.4, 0.5) is 0 Å². The molecule has 132 valence electrons. The summed E-state index contributed by atoms with van der Waals surface area (Å²) in [5, 5.41) is 11.2. The average molecular weight is 331 g/mol. The van der Waals surface area contributed by atoms with Crippen LogP contribution >= 0.6 is 0 Å². The number of aryl methyl sites for hydroxylation is 2. The second kappa shape index (κ2) is 8.57. The van der Waals surface area contributed by atoms with E-state index < -0.39 is 0 Å². The Balaban J connectivity index is 1.98. The molecule has 0 fully saturated rings. The molecule has 2 N–H and O–H groups in total. The molecule has 0 saturated heterocycles. The summed E-state index contributed by atoms with van der Waals surface area (Å²) >= 11 is 0.